The van der Waals surface area contributed by atoms with Crippen LogP contribution in [0.25, 0.3) is 0 Å². The van der Waals surface area contributed by atoms with Gasteiger partial charge in [-0.3, -0.25) is 4.79 Å². The summed E-state index contributed by atoms with van der Waals surface area (Å²) in [7, 11) is 3.16. The molecule has 158 valence electrons. The topological polar surface area (TPSA) is 71.4 Å². The largest absolute Gasteiger partial charge is 0.507 e. The highest BCUT2D eigenvalue weighted by atomic mass is 16.5. The van der Waals surface area contributed by atoms with E-state index < -0.39 is 0 Å². The van der Waals surface area contributed by atoms with Crippen LogP contribution in [0, 0.1) is 6.92 Å². The lowest BCUT2D eigenvalue weighted by Gasteiger charge is -2.23. The van der Waals surface area contributed by atoms with Crippen molar-refractivity contribution in [2.45, 2.75) is 19.4 Å². The molecule has 0 saturated carbocycles. The first-order valence-electron chi connectivity index (χ1n) is 10.00. The average molecular weight is 416 g/mol. The van der Waals surface area contributed by atoms with Crippen molar-refractivity contribution in [2.75, 3.05) is 14.2 Å². The predicted octanol–water partition coefficient (Wildman–Crippen LogP) is 4.71. The van der Waals surface area contributed by atoms with Gasteiger partial charge in [-0.2, -0.15) is 5.10 Å². The Morgan fingerprint density at radius 1 is 1.00 bits per heavy atom. The third-order valence-electron chi connectivity index (χ3n) is 5.42. The molecule has 3 aromatic rings. The first kappa shape index (κ1) is 20.5. The number of ether oxygens (including phenoxy) is 2. The molecule has 0 fully saturated rings. The lowest BCUT2D eigenvalue weighted by atomic mass is 9.97. The number of rotatable bonds is 5. The van der Waals surface area contributed by atoms with Crippen molar-refractivity contribution in [1.29, 1.82) is 0 Å². The molecule has 3 aromatic carbocycles. The standard InChI is InChI=1S/C25H24N2O4/c1-16-8-10-17(11-9-16)25(29)27-21(18-12-13-23(30-2)24(14-18)31-3)15-20(26-27)19-6-4-5-7-22(19)28/h4-14,21,28H,15H2,1-3H3. The molecule has 0 spiro atoms. The molecule has 0 aliphatic carbocycles. The van der Waals surface area contributed by atoms with Crippen LogP contribution in [0.15, 0.2) is 71.8 Å². The lowest BCUT2D eigenvalue weighted by molar-refractivity contribution is 0.0711. The van der Waals surface area contributed by atoms with Gasteiger partial charge < -0.3 is 14.6 Å². The number of aromatic hydroxyl groups is 1. The number of phenolic OH excluding ortho intramolecular Hbond substituents is 1. The van der Waals surface area contributed by atoms with Crippen molar-refractivity contribution < 1.29 is 19.4 Å². The van der Waals surface area contributed by atoms with Gasteiger partial charge in [-0.05, 0) is 48.9 Å². The Morgan fingerprint density at radius 2 is 1.71 bits per heavy atom. The highest BCUT2D eigenvalue weighted by Gasteiger charge is 2.34. The van der Waals surface area contributed by atoms with Crippen molar-refractivity contribution >= 4 is 11.6 Å². The predicted molar refractivity (Wildman–Crippen MR) is 119 cm³/mol. The summed E-state index contributed by atoms with van der Waals surface area (Å²) in [6.07, 6.45) is 0.463. The third-order valence-corrected chi connectivity index (χ3v) is 5.42. The number of hydrogen-bond acceptors (Lipinski definition) is 5. The van der Waals surface area contributed by atoms with Gasteiger partial charge >= 0.3 is 0 Å². The van der Waals surface area contributed by atoms with Gasteiger partial charge in [-0.15, -0.1) is 0 Å². The molecule has 1 unspecified atom stereocenters. The fraction of sp³-hybridized carbons (Fsp3) is 0.200. The Hall–Kier alpha value is -3.80. The number of hydrazone groups is 1. The van der Waals surface area contributed by atoms with Gasteiger partial charge in [0.25, 0.3) is 5.91 Å². The summed E-state index contributed by atoms with van der Waals surface area (Å²) >= 11 is 0. The van der Waals surface area contributed by atoms with Crippen molar-refractivity contribution in [2.24, 2.45) is 5.10 Å². The van der Waals surface area contributed by atoms with Crippen LogP contribution in [0.2, 0.25) is 0 Å². The van der Waals surface area contributed by atoms with E-state index in [1.165, 1.54) is 5.01 Å². The Balaban J connectivity index is 1.77. The van der Waals surface area contributed by atoms with Gasteiger partial charge in [-0.1, -0.05) is 35.9 Å². The molecule has 1 heterocycles. The fourth-order valence-corrected chi connectivity index (χ4v) is 3.73. The van der Waals surface area contributed by atoms with Gasteiger partial charge in [-0.25, -0.2) is 5.01 Å². The van der Waals surface area contributed by atoms with Crippen molar-refractivity contribution in [1.82, 2.24) is 5.01 Å². The number of benzene rings is 3. The third kappa shape index (κ3) is 3.97. The van der Waals surface area contributed by atoms with Crippen molar-refractivity contribution in [3.63, 3.8) is 0 Å². The molecule has 1 N–H and O–H groups in total. The van der Waals surface area contributed by atoms with E-state index in [1.54, 1.807) is 44.6 Å². The lowest BCUT2D eigenvalue weighted by Crippen LogP contribution is -2.27. The maximum atomic E-state index is 13.4. The Kier molecular flexibility index (Phi) is 5.62. The first-order chi connectivity index (χ1) is 15.0. The second-order valence-electron chi connectivity index (χ2n) is 7.41. The Bertz CT molecular complexity index is 1140. The van der Waals surface area contributed by atoms with E-state index in [0.717, 1.165) is 11.1 Å². The smallest absolute Gasteiger partial charge is 0.274 e. The molecule has 1 amide bonds. The molecule has 0 saturated heterocycles. The maximum absolute atomic E-state index is 13.4. The van der Waals surface area contributed by atoms with Crippen LogP contribution in [0.1, 0.15) is 39.5 Å². The minimum Gasteiger partial charge on any atom is -0.507 e. The Labute approximate surface area is 181 Å². The van der Waals surface area contributed by atoms with Crippen LogP contribution in [0.3, 0.4) is 0 Å². The van der Waals surface area contributed by atoms with E-state index in [1.807, 2.05) is 43.3 Å². The van der Waals surface area contributed by atoms with Gasteiger partial charge in [0.15, 0.2) is 11.5 Å². The highest BCUT2D eigenvalue weighted by Crippen LogP contribution is 2.39. The van der Waals surface area contributed by atoms with Gasteiger partial charge in [0.1, 0.15) is 5.75 Å². The van der Waals surface area contributed by atoms with Crippen LogP contribution in [-0.4, -0.2) is 36.0 Å². The molecule has 31 heavy (non-hydrogen) atoms. The number of amides is 1. The molecule has 0 aromatic heterocycles. The summed E-state index contributed by atoms with van der Waals surface area (Å²) in [6.45, 7) is 1.98. The van der Waals surface area contributed by atoms with Gasteiger partial charge in [0, 0.05) is 17.5 Å². The van der Waals surface area contributed by atoms with E-state index in [4.69, 9.17) is 9.47 Å². The molecular formula is C25H24N2O4. The van der Waals surface area contributed by atoms with E-state index in [9.17, 15) is 9.90 Å². The summed E-state index contributed by atoms with van der Waals surface area (Å²) < 4.78 is 10.8. The van der Waals surface area contributed by atoms with Gasteiger partial charge in [0.2, 0.25) is 0 Å². The molecular weight excluding hydrogens is 392 g/mol. The quantitative estimate of drug-likeness (QED) is 0.654. The number of nitrogens with zero attached hydrogens (tertiary/aromatic N) is 2. The minimum atomic E-state index is -0.344. The molecule has 1 atom stereocenters. The molecule has 0 radical (unpaired) electrons. The second kappa shape index (κ2) is 8.52. The zero-order chi connectivity index (χ0) is 22.0. The summed E-state index contributed by atoms with van der Waals surface area (Å²) in [4.78, 5) is 13.4. The number of aryl methyl sites for hydroxylation is 1. The number of para-hydroxylation sites is 1. The fourth-order valence-electron chi connectivity index (χ4n) is 3.73. The molecule has 1 aliphatic heterocycles. The van der Waals surface area contributed by atoms with E-state index in [2.05, 4.69) is 5.10 Å². The Morgan fingerprint density at radius 3 is 2.39 bits per heavy atom. The SMILES string of the molecule is COc1ccc(C2CC(c3ccccc3O)=NN2C(=O)c2ccc(C)cc2)cc1OC. The number of hydrogen-bond donors (Lipinski definition) is 1. The minimum absolute atomic E-state index is 0.136. The van der Waals surface area contributed by atoms with Crippen LogP contribution in [-0.2, 0) is 0 Å². The zero-order valence-corrected chi connectivity index (χ0v) is 17.7. The van der Waals surface area contributed by atoms with Gasteiger partial charge in [0.05, 0.1) is 26.0 Å². The van der Waals surface area contributed by atoms with E-state index >= 15 is 0 Å². The number of phenols is 1. The highest BCUT2D eigenvalue weighted by molar-refractivity contribution is 6.06. The molecule has 6 heteroatoms. The molecule has 1 aliphatic rings. The monoisotopic (exact) mass is 416 g/mol. The van der Waals surface area contributed by atoms with E-state index in [-0.39, 0.29) is 17.7 Å². The number of carbonyl (C=O) groups excluding carboxylic acids is 1. The first-order valence-corrected chi connectivity index (χ1v) is 10.00. The van der Waals surface area contributed by atoms with Crippen molar-refractivity contribution in [3.05, 3.63) is 89.0 Å². The normalized spacial score (nSPS) is 15.5. The molecule has 0 bridgehead atoms. The van der Waals surface area contributed by atoms with Crippen LogP contribution in [0.4, 0.5) is 0 Å². The van der Waals surface area contributed by atoms with E-state index in [0.29, 0.717) is 34.8 Å². The molecule has 4 rings (SSSR count). The summed E-state index contributed by atoms with van der Waals surface area (Å²) in [5.41, 5.74) is 3.77. The maximum Gasteiger partial charge on any atom is 0.274 e. The number of carbonyl (C=O) groups is 1. The van der Waals surface area contributed by atoms with Crippen LogP contribution in [0.5, 0.6) is 17.2 Å². The summed E-state index contributed by atoms with van der Waals surface area (Å²) in [5.74, 6) is 1.13. The summed E-state index contributed by atoms with van der Waals surface area (Å²) in [5, 5.41) is 16.5. The average Bonchev–Trinajstić information content (AvgIpc) is 3.24. The second-order valence-corrected chi connectivity index (χ2v) is 7.41. The van der Waals surface area contributed by atoms with Crippen LogP contribution >= 0.6 is 0 Å². The number of methoxy groups -OCH3 is 2. The van der Waals surface area contributed by atoms with Crippen molar-refractivity contribution in [3.8, 4) is 17.2 Å². The van der Waals surface area contributed by atoms with Crippen LogP contribution < -0.4 is 9.47 Å². The summed E-state index contributed by atoms with van der Waals surface area (Å²) in [6, 6.07) is 19.7. The molecule has 6 nitrogen and oxygen atoms in total. The zero-order valence-electron chi connectivity index (χ0n) is 17.7.